The lowest BCUT2D eigenvalue weighted by molar-refractivity contribution is -0.0331. The first-order valence-corrected chi connectivity index (χ1v) is 5.51. The summed E-state index contributed by atoms with van der Waals surface area (Å²) in [5.74, 6) is 0. The highest BCUT2D eigenvalue weighted by Gasteiger charge is 2.63. The molecule has 4 nitrogen and oxygen atoms in total. The SMILES string of the molecule is CC(C)(C)OC(=O)NC1CC(O)C12CC2. The van der Waals surface area contributed by atoms with Crippen molar-refractivity contribution < 1.29 is 14.6 Å². The quantitative estimate of drug-likeness (QED) is 0.692. The molecule has 4 heteroatoms. The molecule has 15 heavy (non-hydrogen) atoms. The van der Waals surface area contributed by atoms with Crippen LogP contribution in [0, 0.1) is 5.41 Å². The molecule has 0 bridgehead atoms. The van der Waals surface area contributed by atoms with Gasteiger partial charge >= 0.3 is 6.09 Å². The topological polar surface area (TPSA) is 58.6 Å². The fraction of sp³-hybridized carbons (Fsp3) is 0.909. The molecule has 0 aliphatic heterocycles. The van der Waals surface area contributed by atoms with Crippen LogP contribution in [0.4, 0.5) is 4.79 Å². The number of carbonyl (C=O) groups is 1. The number of nitrogens with one attached hydrogen (secondary N) is 1. The van der Waals surface area contributed by atoms with Crippen LogP contribution in [0.3, 0.4) is 0 Å². The van der Waals surface area contributed by atoms with E-state index in [9.17, 15) is 9.90 Å². The summed E-state index contributed by atoms with van der Waals surface area (Å²) in [5, 5.41) is 12.4. The number of aliphatic hydroxyl groups is 1. The van der Waals surface area contributed by atoms with Gasteiger partial charge in [0.2, 0.25) is 0 Å². The summed E-state index contributed by atoms with van der Waals surface area (Å²) in [7, 11) is 0. The van der Waals surface area contributed by atoms with Crippen molar-refractivity contribution in [3.8, 4) is 0 Å². The second-order valence-electron chi connectivity index (χ2n) is 5.68. The van der Waals surface area contributed by atoms with Crippen LogP contribution in [0.15, 0.2) is 0 Å². The summed E-state index contributed by atoms with van der Waals surface area (Å²) >= 11 is 0. The molecule has 0 aromatic carbocycles. The van der Waals surface area contributed by atoms with Gasteiger partial charge in [0.1, 0.15) is 5.60 Å². The number of alkyl carbamates (subject to hydrolysis) is 1. The Morgan fingerprint density at radius 1 is 1.47 bits per heavy atom. The standard InChI is InChI=1S/C11H19NO3/c1-10(2,3)15-9(14)12-7-6-8(13)11(7)4-5-11/h7-8,13H,4-6H2,1-3H3,(H,12,14). The van der Waals surface area contributed by atoms with Crippen LogP contribution >= 0.6 is 0 Å². The first-order valence-electron chi connectivity index (χ1n) is 5.51. The Bertz CT molecular complexity index is 278. The molecule has 86 valence electrons. The molecule has 0 radical (unpaired) electrons. The maximum atomic E-state index is 11.5. The predicted octanol–water partition coefficient (Wildman–Crippen LogP) is 1.42. The maximum Gasteiger partial charge on any atom is 0.407 e. The van der Waals surface area contributed by atoms with Crippen LogP contribution in [-0.4, -0.2) is 28.9 Å². The second kappa shape index (κ2) is 3.11. The molecule has 2 rings (SSSR count). The van der Waals surface area contributed by atoms with Gasteiger partial charge in [0, 0.05) is 11.5 Å². The van der Waals surface area contributed by atoms with E-state index in [1.165, 1.54) is 0 Å². The van der Waals surface area contributed by atoms with Crippen molar-refractivity contribution in [3.05, 3.63) is 0 Å². The Morgan fingerprint density at radius 2 is 2.07 bits per heavy atom. The molecule has 2 saturated carbocycles. The Kier molecular flexibility index (Phi) is 2.23. The third kappa shape index (κ3) is 1.95. The predicted molar refractivity (Wildman–Crippen MR) is 55.4 cm³/mol. The summed E-state index contributed by atoms with van der Waals surface area (Å²) in [4.78, 5) is 11.5. The molecule has 0 saturated heterocycles. The van der Waals surface area contributed by atoms with E-state index in [4.69, 9.17) is 4.74 Å². The molecule has 2 N–H and O–H groups in total. The Balaban J connectivity index is 1.81. The van der Waals surface area contributed by atoms with Gasteiger partial charge in [0.15, 0.2) is 0 Å². The van der Waals surface area contributed by atoms with E-state index in [1.54, 1.807) is 0 Å². The highest BCUT2D eigenvalue weighted by molar-refractivity contribution is 5.68. The average molecular weight is 213 g/mol. The summed E-state index contributed by atoms with van der Waals surface area (Å²) in [6, 6.07) is 0.113. The van der Waals surface area contributed by atoms with Gasteiger partial charge in [-0.1, -0.05) is 0 Å². The highest BCUT2D eigenvalue weighted by Crippen LogP contribution is 2.60. The van der Waals surface area contributed by atoms with Crippen LogP contribution in [-0.2, 0) is 4.74 Å². The van der Waals surface area contributed by atoms with E-state index in [1.807, 2.05) is 20.8 Å². The van der Waals surface area contributed by atoms with Crippen molar-refractivity contribution in [1.82, 2.24) is 5.32 Å². The lowest BCUT2D eigenvalue weighted by atomic mass is 9.73. The van der Waals surface area contributed by atoms with E-state index < -0.39 is 5.60 Å². The fourth-order valence-electron chi connectivity index (χ4n) is 2.24. The molecule has 0 aromatic rings. The lowest BCUT2D eigenvalue weighted by Crippen LogP contribution is -2.57. The largest absolute Gasteiger partial charge is 0.444 e. The average Bonchev–Trinajstić information content (AvgIpc) is 2.80. The van der Waals surface area contributed by atoms with Crippen LogP contribution < -0.4 is 5.32 Å². The zero-order chi connectivity index (χ0) is 11.3. The van der Waals surface area contributed by atoms with Gasteiger partial charge in [-0.05, 0) is 40.0 Å². The van der Waals surface area contributed by atoms with E-state index in [-0.39, 0.29) is 23.7 Å². The maximum absolute atomic E-state index is 11.5. The molecule has 1 spiro atoms. The van der Waals surface area contributed by atoms with Crippen molar-refractivity contribution in [2.45, 2.75) is 57.8 Å². The van der Waals surface area contributed by atoms with Crippen molar-refractivity contribution in [1.29, 1.82) is 0 Å². The van der Waals surface area contributed by atoms with E-state index in [2.05, 4.69) is 5.32 Å². The first kappa shape index (κ1) is 10.7. The van der Waals surface area contributed by atoms with Gasteiger partial charge in [0.05, 0.1) is 6.10 Å². The third-order valence-corrected chi connectivity index (χ3v) is 3.33. The molecule has 2 aliphatic carbocycles. The van der Waals surface area contributed by atoms with Gasteiger partial charge in [-0.2, -0.15) is 0 Å². The molecule has 2 unspecified atom stereocenters. The third-order valence-electron chi connectivity index (χ3n) is 3.33. The molecule has 2 fully saturated rings. The molecule has 0 aromatic heterocycles. The minimum atomic E-state index is -0.455. The summed E-state index contributed by atoms with van der Waals surface area (Å²) < 4.78 is 5.17. The first-order chi connectivity index (χ1) is 6.83. The van der Waals surface area contributed by atoms with Crippen LogP contribution in [0.5, 0.6) is 0 Å². The Morgan fingerprint density at radius 3 is 2.47 bits per heavy atom. The van der Waals surface area contributed by atoms with E-state index in [0.29, 0.717) is 6.42 Å². The Hall–Kier alpha value is -0.770. The van der Waals surface area contributed by atoms with Gasteiger partial charge in [0.25, 0.3) is 0 Å². The van der Waals surface area contributed by atoms with Crippen molar-refractivity contribution in [2.24, 2.45) is 5.41 Å². The van der Waals surface area contributed by atoms with Gasteiger partial charge in [-0.3, -0.25) is 0 Å². The van der Waals surface area contributed by atoms with Gasteiger partial charge < -0.3 is 15.2 Å². The molecule has 1 amide bonds. The van der Waals surface area contributed by atoms with Crippen molar-refractivity contribution >= 4 is 6.09 Å². The lowest BCUT2D eigenvalue weighted by Gasteiger charge is -2.42. The summed E-state index contributed by atoms with van der Waals surface area (Å²) in [5.41, 5.74) is -0.458. The van der Waals surface area contributed by atoms with Gasteiger partial charge in [-0.15, -0.1) is 0 Å². The number of carbonyl (C=O) groups excluding carboxylic acids is 1. The summed E-state index contributed by atoms with van der Waals surface area (Å²) in [6.07, 6.45) is 2.12. The van der Waals surface area contributed by atoms with Crippen LogP contribution in [0.25, 0.3) is 0 Å². The molecular formula is C11H19NO3. The van der Waals surface area contributed by atoms with Crippen molar-refractivity contribution in [3.63, 3.8) is 0 Å². The van der Waals surface area contributed by atoms with E-state index >= 15 is 0 Å². The zero-order valence-corrected chi connectivity index (χ0v) is 9.54. The highest BCUT2D eigenvalue weighted by atomic mass is 16.6. The zero-order valence-electron chi connectivity index (χ0n) is 9.54. The molecule has 2 aliphatic rings. The fourth-order valence-corrected chi connectivity index (χ4v) is 2.24. The number of rotatable bonds is 1. The number of hydrogen-bond acceptors (Lipinski definition) is 3. The van der Waals surface area contributed by atoms with Gasteiger partial charge in [-0.25, -0.2) is 4.79 Å². The number of ether oxygens (including phenoxy) is 1. The monoisotopic (exact) mass is 213 g/mol. The van der Waals surface area contributed by atoms with Crippen LogP contribution in [0.2, 0.25) is 0 Å². The minimum Gasteiger partial charge on any atom is -0.444 e. The minimum absolute atomic E-state index is 0.00307. The van der Waals surface area contributed by atoms with Crippen LogP contribution in [0.1, 0.15) is 40.0 Å². The second-order valence-corrected chi connectivity index (χ2v) is 5.68. The van der Waals surface area contributed by atoms with Crippen molar-refractivity contribution in [2.75, 3.05) is 0 Å². The normalized spacial score (nSPS) is 32.0. The van der Waals surface area contributed by atoms with E-state index in [0.717, 1.165) is 12.8 Å². The number of hydrogen-bond donors (Lipinski definition) is 2. The summed E-state index contributed by atoms with van der Waals surface area (Å²) in [6.45, 7) is 5.53. The number of aliphatic hydroxyl groups excluding tert-OH is 1. The molecular weight excluding hydrogens is 194 g/mol. The Labute approximate surface area is 90.0 Å². The molecule has 2 atom stereocenters. The molecule has 0 heterocycles. The number of amides is 1. The smallest absolute Gasteiger partial charge is 0.407 e.